The third-order valence-corrected chi connectivity index (χ3v) is 3.73. The monoisotopic (exact) mass is 280 g/mol. The second kappa shape index (κ2) is 6.92. The average Bonchev–Trinajstić information content (AvgIpc) is 2.48. The van der Waals surface area contributed by atoms with Crippen LogP contribution in [-0.4, -0.2) is 51.5 Å². The molecule has 5 heteroatoms. The van der Waals surface area contributed by atoms with Crippen LogP contribution in [0, 0.1) is 0 Å². The van der Waals surface area contributed by atoms with E-state index in [1.165, 1.54) is 0 Å². The van der Waals surface area contributed by atoms with Gasteiger partial charge in [-0.05, 0) is 24.6 Å². The molecule has 0 radical (unpaired) electrons. The number of hydrogen-bond acceptors (Lipinski definition) is 5. The fourth-order valence-electron chi connectivity index (χ4n) is 2.68. The molecule has 1 aliphatic rings. The first-order chi connectivity index (χ1) is 9.69. The molecule has 1 aromatic carbocycles. The summed E-state index contributed by atoms with van der Waals surface area (Å²) in [5.74, 6) is 1.48. The van der Waals surface area contributed by atoms with Crippen molar-refractivity contribution in [2.45, 2.75) is 19.1 Å². The number of methoxy groups -OCH3 is 2. The van der Waals surface area contributed by atoms with Crippen molar-refractivity contribution < 1.29 is 14.2 Å². The van der Waals surface area contributed by atoms with Gasteiger partial charge in [0.15, 0.2) is 11.5 Å². The summed E-state index contributed by atoms with van der Waals surface area (Å²) in [6.07, 6.45) is 0.248. The van der Waals surface area contributed by atoms with Crippen LogP contribution in [0.3, 0.4) is 0 Å². The highest BCUT2D eigenvalue weighted by Gasteiger charge is 2.25. The third-order valence-electron chi connectivity index (χ3n) is 3.73. The van der Waals surface area contributed by atoms with E-state index < -0.39 is 0 Å². The Bertz CT molecular complexity index is 439. The number of benzene rings is 1. The number of nitrogens with two attached hydrogens (primary N) is 1. The van der Waals surface area contributed by atoms with Gasteiger partial charge in [0.1, 0.15) is 0 Å². The molecule has 1 aromatic rings. The maximum atomic E-state index is 5.99. The summed E-state index contributed by atoms with van der Waals surface area (Å²) in [7, 11) is 3.29. The first kappa shape index (κ1) is 15.1. The van der Waals surface area contributed by atoms with Crippen LogP contribution in [0.4, 0.5) is 0 Å². The summed E-state index contributed by atoms with van der Waals surface area (Å²) < 4.78 is 16.2. The van der Waals surface area contributed by atoms with Gasteiger partial charge in [-0.2, -0.15) is 0 Å². The molecule has 0 aromatic heterocycles. The Hall–Kier alpha value is -1.30. The third kappa shape index (κ3) is 3.23. The molecule has 0 amide bonds. The lowest BCUT2D eigenvalue weighted by atomic mass is 10.0. The Morgan fingerprint density at radius 2 is 2.10 bits per heavy atom. The zero-order valence-corrected chi connectivity index (χ0v) is 12.5. The van der Waals surface area contributed by atoms with Gasteiger partial charge in [-0.15, -0.1) is 0 Å². The second-order valence-electron chi connectivity index (χ2n) is 5.04. The fraction of sp³-hybridized carbons (Fsp3) is 0.600. The Kier molecular flexibility index (Phi) is 5.23. The summed E-state index contributed by atoms with van der Waals surface area (Å²) in [6, 6.07) is 6.18. The first-order valence-electron chi connectivity index (χ1n) is 6.97. The van der Waals surface area contributed by atoms with Gasteiger partial charge in [-0.3, -0.25) is 4.90 Å². The Morgan fingerprint density at radius 3 is 2.70 bits per heavy atom. The maximum absolute atomic E-state index is 5.99. The average molecular weight is 280 g/mol. The Labute approximate surface area is 120 Å². The van der Waals surface area contributed by atoms with Gasteiger partial charge in [0.05, 0.1) is 26.9 Å². The largest absolute Gasteiger partial charge is 0.493 e. The number of rotatable bonds is 5. The van der Waals surface area contributed by atoms with E-state index in [1.54, 1.807) is 14.2 Å². The van der Waals surface area contributed by atoms with Crippen molar-refractivity contribution in [3.63, 3.8) is 0 Å². The summed E-state index contributed by atoms with van der Waals surface area (Å²) in [5.41, 5.74) is 7.14. The molecule has 2 atom stereocenters. The molecule has 1 fully saturated rings. The van der Waals surface area contributed by atoms with Crippen molar-refractivity contribution in [2.24, 2.45) is 5.73 Å². The molecule has 0 spiro atoms. The quantitative estimate of drug-likeness (QED) is 0.884. The lowest BCUT2D eigenvalue weighted by Gasteiger charge is -2.37. The van der Waals surface area contributed by atoms with E-state index in [0.29, 0.717) is 6.54 Å². The number of nitrogens with zero attached hydrogens (tertiary/aromatic N) is 1. The highest BCUT2D eigenvalue weighted by atomic mass is 16.5. The fourth-order valence-corrected chi connectivity index (χ4v) is 2.68. The summed E-state index contributed by atoms with van der Waals surface area (Å²) in [6.45, 7) is 5.22. The van der Waals surface area contributed by atoms with E-state index in [4.69, 9.17) is 19.9 Å². The maximum Gasteiger partial charge on any atom is 0.161 e. The van der Waals surface area contributed by atoms with Gasteiger partial charge in [0, 0.05) is 25.7 Å². The van der Waals surface area contributed by atoms with Gasteiger partial charge in [-0.25, -0.2) is 0 Å². The van der Waals surface area contributed by atoms with E-state index in [2.05, 4.69) is 17.9 Å². The van der Waals surface area contributed by atoms with Crippen LogP contribution in [0.1, 0.15) is 18.5 Å². The standard InChI is InChI=1S/C15H24N2O3/c1-11-10-17(6-7-20-11)13(9-16)12-4-5-14(18-2)15(8-12)19-3/h4-5,8,11,13H,6-7,9-10,16H2,1-3H3. The van der Waals surface area contributed by atoms with Gasteiger partial charge in [0.2, 0.25) is 0 Å². The molecule has 0 saturated carbocycles. The lowest BCUT2D eigenvalue weighted by Crippen LogP contribution is -2.45. The topological polar surface area (TPSA) is 57.0 Å². The van der Waals surface area contributed by atoms with Gasteiger partial charge < -0.3 is 19.9 Å². The summed E-state index contributed by atoms with van der Waals surface area (Å²) in [5, 5.41) is 0. The molecule has 2 rings (SSSR count). The summed E-state index contributed by atoms with van der Waals surface area (Å²) >= 11 is 0. The SMILES string of the molecule is COc1ccc(C(CN)N2CCOC(C)C2)cc1OC. The first-order valence-corrected chi connectivity index (χ1v) is 6.97. The zero-order valence-electron chi connectivity index (χ0n) is 12.5. The summed E-state index contributed by atoms with van der Waals surface area (Å²) in [4.78, 5) is 2.37. The van der Waals surface area contributed by atoms with Crippen molar-refractivity contribution in [3.8, 4) is 11.5 Å². The van der Waals surface area contributed by atoms with Gasteiger partial charge in [-0.1, -0.05) is 6.07 Å². The van der Waals surface area contributed by atoms with E-state index in [-0.39, 0.29) is 12.1 Å². The van der Waals surface area contributed by atoms with Crippen LogP contribution in [0.25, 0.3) is 0 Å². The van der Waals surface area contributed by atoms with Gasteiger partial charge in [0.25, 0.3) is 0 Å². The minimum atomic E-state index is 0.182. The smallest absolute Gasteiger partial charge is 0.161 e. The Morgan fingerprint density at radius 1 is 1.35 bits per heavy atom. The normalized spacial score (nSPS) is 21.5. The van der Waals surface area contributed by atoms with Crippen LogP contribution < -0.4 is 15.2 Å². The van der Waals surface area contributed by atoms with Crippen molar-refractivity contribution >= 4 is 0 Å². The van der Waals surface area contributed by atoms with E-state index in [0.717, 1.165) is 36.8 Å². The number of hydrogen-bond donors (Lipinski definition) is 1. The molecule has 2 N–H and O–H groups in total. The predicted molar refractivity (Wildman–Crippen MR) is 78.3 cm³/mol. The predicted octanol–water partition coefficient (Wildman–Crippen LogP) is 1.42. The van der Waals surface area contributed by atoms with Crippen LogP contribution in [0.2, 0.25) is 0 Å². The molecular formula is C15H24N2O3. The lowest BCUT2D eigenvalue weighted by molar-refractivity contribution is -0.0333. The van der Waals surface area contributed by atoms with Crippen molar-refractivity contribution in [3.05, 3.63) is 23.8 Å². The van der Waals surface area contributed by atoms with Crippen LogP contribution in [-0.2, 0) is 4.74 Å². The highest BCUT2D eigenvalue weighted by molar-refractivity contribution is 5.43. The number of morpholine rings is 1. The van der Waals surface area contributed by atoms with Gasteiger partial charge >= 0.3 is 0 Å². The van der Waals surface area contributed by atoms with E-state index in [1.807, 2.05) is 12.1 Å². The van der Waals surface area contributed by atoms with E-state index in [9.17, 15) is 0 Å². The van der Waals surface area contributed by atoms with Crippen LogP contribution in [0.5, 0.6) is 11.5 Å². The highest BCUT2D eigenvalue weighted by Crippen LogP contribution is 2.32. The minimum absolute atomic E-state index is 0.182. The van der Waals surface area contributed by atoms with Crippen molar-refractivity contribution in [1.29, 1.82) is 0 Å². The van der Waals surface area contributed by atoms with Crippen molar-refractivity contribution in [2.75, 3.05) is 40.5 Å². The van der Waals surface area contributed by atoms with E-state index >= 15 is 0 Å². The molecule has 112 valence electrons. The molecule has 2 unspecified atom stereocenters. The molecule has 1 saturated heterocycles. The Balaban J connectivity index is 2.22. The molecule has 1 aliphatic heterocycles. The molecule has 0 aliphatic carbocycles. The number of ether oxygens (including phenoxy) is 3. The second-order valence-corrected chi connectivity index (χ2v) is 5.04. The molecule has 0 bridgehead atoms. The molecule has 1 heterocycles. The molecule has 5 nitrogen and oxygen atoms in total. The zero-order chi connectivity index (χ0) is 14.5. The molecular weight excluding hydrogens is 256 g/mol. The van der Waals surface area contributed by atoms with Crippen LogP contribution >= 0.6 is 0 Å². The van der Waals surface area contributed by atoms with Crippen molar-refractivity contribution in [1.82, 2.24) is 4.90 Å². The minimum Gasteiger partial charge on any atom is -0.493 e. The molecule has 20 heavy (non-hydrogen) atoms. The van der Waals surface area contributed by atoms with Crippen LogP contribution in [0.15, 0.2) is 18.2 Å².